The first-order chi connectivity index (χ1) is 3.43. The lowest BCUT2D eigenvalue weighted by Crippen LogP contribution is -1.95. The molecule has 0 unspecified atom stereocenters. The predicted octanol–water partition coefficient (Wildman–Crippen LogP) is -0.331. The van der Waals surface area contributed by atoms with Crippen LogP contribution in [0.1, 0.15) is 5.69 Å². The number of nitrogens with two attached hydrogens (primary N) is 1. The molecule has 1 radical (unpaired) electrons. The third kappa shape index (κ3) is 0.778. The van der Waals surface area contributed by atoms with Crippen molar-refractivity contribution in [2.45, 2.75) is 6.54 Å². The number of nitrogens with one attached hydrogen (secondary N) is 1. The van der Waals surface area contributed by atoms with Crippen LogP contribution in [-0.4, -0.2) is 10.2 Å². The molecule has 0 aliphatic heterocycles. The molecule has 1 aromatic heterocycles. The van der Waals surface area contributed by atoms with Crippen molar-refractivity contribution >= 4 is 0 Å². The molecule has 0 saturated carbocycles. The van der Waals surface area contributed by atoms with Gasteiger partial charge < -0.3 is 5.73 Å². The SMILES string of the molecule is NCc1[c]cn[nH]1. The molecule has 1 aromatic rings. The lowest BCUT2D eigenvalue weighted by atomic mass is 10.5. The van der Waals surface area contributed by atoms with E-state index in [9.17, 15) is 0 Å². The van der Waals surface area contributed by atoms with Gasteiger partial charge in [-0.15, -0.1) is 0 Å². The molecule has 0 aromatic carbocycles. The normalized spacial score (nSPS) is 9.29. The van der Waals surface area contributed by atoms with Gasteiger partial charge in [0.2, 0.25) is 0 Å². The van der Waals surface area contributed by atoms with Crippen LogP contribution in [0.4, 0.5) is 0 Å². The quantitative estimate of drug-likeness (QED) is 0.503. The average Bonchev–Trinajstić information content (AvgIpc) is 2.14. The first-order valence-electron chi connectivity index (χ1n) is 2.03. The molecule has 0 amide bonds. The van der Waals surface area contributed by atoms with Crippen LogP contribution in [0, 0.1) is 6.07 Å². The Balaban J connectivity index is 2.76. The van der Waals surface area contributed by atoms with Crippen LogP contribution in [0.2, 0.25) is 0 Å². The summed E-state index contributed by atoms with van der Waals surface area (Å²) in [6.45, 7) is 0.486. The van der Waals surface area contributed by atoms with Crippen molar-refractivity contribution in [3.63, 3.8) is 0 Å². The molecule has 0 atom stereocenters. The largest absolute Gasteiger partial charge is 0.325 e. The number of aromatic amines is 1. The van der Waals surface area contributed by atoms with Crippen LogP contribution in [0.3, 0.4) is 0 Å². The van der Waals surface area contributed by atoms with E-state index in [4.69, 9.17) is 5.73 Å². The second kappa shape index (κ2) is 1.75. The van der Waals surface area contributed by atoms with Crippen molar-refractivity contribution in [2.24, 2.45) is 5.73 Å². The number of H-pyrrole nitrogens is 1. The highest BCUT2D eigenvalue weighted by molar-refractivity contribution is 4.92. The van der Waals surface area contributed by atoms with E-state index in [2.05, 4.69) is 16.3 Å². The van der Waals surface area contributed by atoms with Crippen molar-refractivity contribution in [3.05, 3.63) is 18.0 Å². The van der Waals surface area contributed by atoms with Crippen LogP contribution in [0.25, 0.3) is 0 Å². The van der Waals surface area contributed by atoms with Gasteiger partial charge in [0, 0.05) is 12.6 Å². The van der Waals surface area contributed by atoms with Crippen molar-refractivity contribution in [1.82, 2.24) is 10.2 Å². The summed E-state index contributed by atoms with van der Waals surface area (Å²) < 4.78 is 0. The van der Waals surface area contributed by atoms with E-state index in [1.54, 1.807) is 6.20 Å². The maximum absolute atomic E-state index is 5.19. The Kier molecular flexibility index (Phi) is 1.08. The minimum atomic E-state index is 0.486. The van der Waals surface area contributed by atoms with Crippen LogP contribution < -0.4 is 5.73 Å². The Morgan fingerprint density at radius 2 is 2.86 bits per heavy atom. The molecular formula is C4H6N3. The van der Waals surface area contributed by atoms with Crippen molar-refractivity contribution in [3.8, 4) is 0 Å². The fourth-order valence-electron chi connectivity index (χ4n) is 0.357. The number of hydrogen-bond donors (Lipinski definition) is 2. The standard InChI is InChI=1S/C4H6N3/c5-3-4-1-2-6-7-4/h2H,3,5H2,(H,6,7). The van der Waals surface area contributed by atoms with Crippen molar-refractivity contribution < 1.29 is 0 Å². The van der Waals surface area contributed by atoms with Gasteiger partial charge in [0.05, 0.1) is 11.9 Å². The van der Waals surface area contributed by atoms with E-state index in [1.165, 1.54) is 0 Å². The van der Waals surface area contributed by atoms with Gasteiger partial charge in [0.25, 0.3) is 0 Å². The topological polar surface area (TPSA) is 54.7 Å². The third-order valence-corrected chi connectivity index (χ3v) is 0.707. The van der Waals surface area contributed by atoms with Crippen molar-refractivity contribution in [2.75, 3.05) is 0 Å². The maximum Gasteiger partial charge on any atom is 0.0570 e. The first kappa shape index (κ1) is 4.33. The lowest BCUT2D eigenvalue weighted by molar-refractivity contribution is 0.946. The molecule has 1 rings (SSSR count). The van der Waals surface area contributed by atoms with E-state index in [1.807, 2.05) is 0 Å². The molecule has 0 aliphatic rings. The van der Waals surface area contributed by atoms with E-state index in [0.717, 1.165) is 5.69 Å². The van der Waals surface area contributed by atoms with E-state index < -0.39 is 0 Å². The van der Waals surface area contributed by atoms with Crippen LogP contribution >= 0.6 is 0 Å². The summed E-state index contributed by atoms with van der Waals surface area (Å²) in [5, 5.41) is 6.29. The van der Waals surface area contributed by atoms with E-state index in [-0.39, 0.29) is 0 Å². The van der Waals surface area contributed by atoms with Gasteiger partial charge in [-0.3, -0.25) is 5.10 Å². The lowest BCUT2D eigenvalue weighted by Gasteiger charge is -1.79. The zero-order chi connectivity index (χ0) is 5.11. The summed E-state index contributed by atoms with van der Waals surface area (Å²) >= 11 is 0. The average molecular weight is 96.1 g/mol. The summed E-state index contributed by atoms with van der Waals surface area (Å²) in [6.07, 6.45) is 1.56. The monoisotopic (exact) mass is 96.1 g/mol. The molecule has 0 spiro atoms. The highest BCUT2D eigenvalue weighted by Crippen LogP contribution is 1.83. The number of hydrogen-bond acceptors (Lipinski definition) is 2. The Morgan fingerprint density at radius 3 is 3.14 bits per heavy atom. The maximum atomic E-state index is 5.19. The van der Waals surface area contributed by atoms with Gasteiger partial charge in [-0.25, -0.2) is 0 Å². The van der Waals surface area contributed by atoms with Gasteiger partial charge in [-0.1, -0.05) is 0 Å². The minimum Gasteiger partial charge on any atom is -0.325 e. The smallest absolute Gasteiger partial charge is 0.0570 e. The molecule has 37 valence electrons. The molecule has 0 fully saturated rings. The summed E-state index contributed by atoms with van der Waals surface area (Å²) in [5.74, 6) is 0. The Hall–Kier alpha value is -0.830. The molecular weight excluding hydrogens is 90.1 g/mol. The van der Waals surface area contributed by atoms with Crippen LogP contribution in [0.5, 0.6) is 0 Å². The molecule has 3 N–H and O–H groups in total. The molecule has 7 heavy (non-hydrogen) atoms. The zero-order valence-electron chi connectivity index (χ0n) is 3.81. The zero-order valence-corrected chi connectivity index (χ0v) is 3.81. The second-order valence-corrected chi connectivity index (χ2v) is 1.20. The van der Waals surface area contributed by atoms with E-state index in [0.29, 0.717) is 6.54 Å². The summed E-state index contributed by atoms with van der Waals surface area (Å²) in [5.41, 5.74) is 6.04. The molecule has 3 nitrogen and oxygen atoms in total. The summed E-state index contributed by atoms with van der Waals surface area (Å²) in [4.78, 5) is 0. The third-order valence-electron chi connectivity index (χ3n) is 0.707. The van der Waals surface area contributed by atoms with Crippen LogP contribution in [0.15, 0.2) is 6.20 Å². The van der Waals surface area contributed by atoms with Gasteiger partial charge in [0.15, 0.2) is 0 Å². The summed E-state index contributed by atoms with van der Waals surface area (Å²) in [6, 6.07) is 2.80. The highest BCUT2D eigenvalue weighted by Gasteiger charge is 1.83. The number of nitrogens with zero attached hydrogens (tertiary/aromatic N) is 1. The van der Waals surface area contributed by atoms with Gasteiger partial charge in [-0.05, 0) is 0 Å². The Labute approximate surface area is 41.5 Å². The molecule has 0 aliphatic carbocycles. The van der Waals surface area contributed by atoms with Gasteiger partial charge >= 0.3 is 0 Å². The second-order valence-electron chi connectivity index (χ2n) is 1.20. The summed E-state index contributed by atoms with van der Waals surface area (Å²) in [7, 11) is 0. The van der Waals surface area contributed by atoms with Gasteiger partial charge in [-0.2, -0.15) is 5.10 Å². The molecule has 0 saturated heterocycles. The molecule has 3 heteroatoms. The van der Waals surface area contributed by atoms with Crippen LogP contribution in [-0.2, 0) is 6.54 Å². The Bertz CT molecular complexity index is 121. The van der Waals surface area contributed by atoms with E-state index >= 15 is 0 Å². The molecule has 0 bridgehead atoms. The molecule has 1 heterocycles. The predicted molar refractivity (Wildman–Crippen MR) is 25.3 cm³/mol. The fourth-order valence-corrected chi connectivity index (χ4v) is 0.357. The fraction of sp³-hybridized carbons (Fsp3) is 0.250. The van der Waals surface area contributed by atoms with Crippen molar-refractivity contribution in [1.29, 1.82) is 0 Å². The number of aromatic nitrogens is 2. The first-order valence-corrected chi connectivity index (χ1v) is 2.03. The highest BCUT2D eigenvalue weighted by atomic mass is 15.1. The van der Waals surface area contributed by atoms with Gasteiger partial charge in [0.1, 0.15) is 0 Å². The minimum absolute atomic E-state index is 0.486. The number of rotatable bonds is 1. The Morgan fingerprint density at radius 1 is 2.00 bits per heavy atom.